The zero-order valence-corrected chi connectivity index (χ0v) is 9.31. The Morgan fingerprint density at radius 3 is 1.95 bits per heavy atom. The number of halogens is 6. The fraction of sp³-hybridized carbons (Fsp3) is 0.364. The maximum atomic E-state index is 12.2. The normalized spacial score (nSPS) is 12.5. The zero-order chi connectivity index (χ0) is 14.7. The third-order valence-electron chi connectivity index (χ3n) is 2.03. The number of benzene rings is 1. The summed E-state index contributed by atoms with van der Waals surface area (Å²) in [7, 11) is 0. The number of carbonyl (C=O) groups is 1. The summed E-state index contributed by atoms with van der Waals surface area (Å²) in [6.07, 6.45) is -9.09. The SMILES string of the molecule is O=C(COCC(F)(F)F)c1ccc(C(F)(F)F)cc1. The van der Waals surface area contributed by atoms with Crippen LogP contribution in [0.15, 0.2) is 24.3 Å². The Kier molecular flexibility index (Phi) is 4.56. The molecule has 0 heterocycles. The molecule has 0 saturated carbocycles. The van der Waals surface area contributed by atoms with Crippen LogP contribution in [0, 0.1) is 0 Å². The number of Topliss-reactive ketones (excluding diaryl/α,β-unsaturated/α-hetero) is 1. The van der Waals surface area contributed by atoms with Gasteiger partial charge in [-0.25, -0.2) is 0 Å². The third kappa shape index (κ3) is 5.29. The van der Waals surface area contributed by atoms with Crippen molar-refractivity contribution >= 4 is 5.78 Å². The van der Waals surface area contributed by atoms with E-state index in [1.807, 2.05) is 0 Å². The van der Waals surface area contributed by atoms with Gasteiger partial charge in [-0.3, -0.25) is 4.79 Å². The quantitative estimate of drug-likeness (QED) is 0.626. The summed E-state index contributed by atoms with van der Waals surface area (Å²) in [4.78, 5) is 11.3. The molecule has 0 amide bonds. The summed E-state index contributed by atoms with van der Waals surface area (Å²) in [6.45, 7) is -2.43. The summed E-state index contributed by atoms with van der Waals surface area (Å²) < 4.78 is 76.0. The number of ketones is 1. The van der Waals surface area contributed by atoms with E-state index in [2.05, 4.69) is 4.74 Å². The van der Waals surface area contributed by atoms with Crippen LogP contribution in [0.25, 0.3) is 0 Å². The van der Waals surface area contributed by atoms with Crippen molar-refractivity contribution in [3.8, 4) is 0 Å². The number of ether oxygens (including phenoxy) is 1. The average Bonchev–Trinajstić information content (AvgIpc) is 2.26. The lowest BCUT2D eigenvalue weighted by atomic mass is 10.1. The maximum absolute atomic E-state index is 12.2. The molecule has 0 fully saturated rings. The topological polar surface area (TPSA) is 26.3 Å². The lowest BCUT2D eigenvalue weighted by molar-refractivity contribution is -0.170. The predicted octanol–water partition coefficient (Wildman–Crippen LogP) is 3.47. The Balaban J connectivity index is 2.59. The van der Waals surface area contributed by atoms with Crippen molar-refractivity contribution in [3.05, 3.63) is 35.4 Å². The smallest absolute Gasteiger partial charge is 0.364 e. The van der Waals surface area contributed by atoms with Gasteiger partial charge in [-0.15, -0.1) is 0 Å². The van der Waals surface area contributed by atoms with Crippen LogP contribution in [-0.2, 0) is 10.9 Å². The molecule has 1 aromatic rings. The van der Waals surface area contributed by atoms with E-state index in [4.69, 9.17) is 0 Å². The Morgan fingerprint density at radius 2 is 1.53 bits per heavy atom. The van der Waals surface area contributed by atoms with Crippen LogP contribution in [0.2, 0.25) is 0 Å². The van der Waals surface area contributed by atoms with Crippen molar-refractivity contribution in [2.45, 2.75) is 12.4 Å². The molecule has 0 radical (unpaired) electrons. The molecule has 1 rings (SSSR count). The zero-order valence-electron chi connectivity index (χ0n) is 9.31. The minimum Gasteiger partial charge on any atom is -0.364 e. The van der Waals surface area contributed by atoms with E-state index >= 15 is 0 Å². The van der Waals surface area contributed by atoms with Gasteiger partial charge in [0.1, 0.15) is 13.2 Å². The van der Waals surface area contributed by atoms with E-state index in [9.17, 15) is 31.1 Å². The Labute approximate surface area is 104 Å². The summed E-state index contributed by atoms with van der Waals surface area (Å²) in [6, 6.07) is 3.14. The Bertz CT molecular complexity index is 432. The molecule has 1 aromatic carbocycles. The van der Waals surface area contributed by atoms with Crippen molar-refractivity contribution in [3.63, 3.8) is 0 Å². The van der Waals surface area contributed by atoms with Crippen LogP contribution in [0.4, 0.5) is 26.3 Å². The van der Waals surface area contributed by atoms with Crippen LogP contribution in [0.1, 0.15) is 15.9 Å². The van der Waals surface area contributed by atoms with Gasteiger partial charge in [0.05, 0.1) is 5.56 Å². The van der Waals surface area contributed by atoms with Gasteiger partial charge in [-0.2, -0.15) is 26.3 Å². The predicted molar refractivity (Wildman–Crippen MR) is 52.6 cm³/mol. The van der Waals surface area contributed by atoms with Gasteiger partial charge in [0.25, 0.3) is 0 Å². The van der Waals surface area contributed by atoms with E-state index < -0.39 is 36.9 Å². The van der Waals surface area contributed by atoms with Crippen molar-refractivity contribution < 1.29 is 35.9 Å². The monoisotopic (exact) mass is 286 g/mol. The number of alkyl halides is 6. The number of hydrogen-bond donors (Lipinski definition) is 0. The van der Waals surface area contributed by atoms with E-state index in [1.165, 1.54) is 0 Å². The summed E-state index contributed by atoms with van der Waals surface area (Å²) in [5.74, 6) is -0.821. The molecule has 0 unspecified atom stereocenters. The Morgan fingerprint density at radius 1 is 1.00 bits per heavy atom. The molecule has 0 bridgehead atoms. The fourth-order valence-corrected chi connectivity index (χ4v) is 1.19. The van der Waals surface area contributed by atoms with Crippen LogP contribution < -0.4 is 0 Å². The molecule has 0 aliphatic heterocycles. The van der Waals surface area contributed by atoms with Crippen molar-refractivity contribution in [1.82, 2.24) is 0 Å². The molecule has 0 atom stereocenters. The molecule has 2 nitrogen and oxygen atoms in total. The highest BCUT2D eigenvalue weighted by Gasteiger charge is 2.30. The van der Waals surface area contributed by atoms with Crippen molar-refractivity contribution in [2.24, 2.45) is 0 Å². The first kappa shape index (κ1) is 15.5. The van der Waals surface area contributed by atoms with Crippen LogP contribution >= 0.6 is 0 Å². The number of rotatable bonds is 4. The van der Waals surface area contributed by atoms with Crippen molar-refractivity contribution in [1.29, 1.82) is 0 Å². The molecule has 0 saturated heterocycles. The van der Waals surface area contributed by atoms with Gasteiger partial charge in [-0.1, -0.05) is 12.1 Å². The lowest BCUT2D eigenvalue weighted by Gasteiger charge is -2.08. The third-order valence-corrected chi connectivity index (χ3v) is 2.03. The van der Waals surface area contributed by atoms with Crippen molar-refractivity contribution in [2.75, 3.05) is 13.2 Å². The summed E-state index contributed by atoms with van der Waals surface area (Å²) >= 11 is 0. The first-order chi connectivity index (χ1) is 8.59. The second-order valence-electron chi connectivity index (χ2n) is 3.61. The molecular weight excluding hydrogens is 278 g/mol. The molecule has 19 heavy (non-hydrogen) atoms. The fourth-order valence-electron chi connectivity index (χ4n) is 1.19. The minimum atomic E-state index is -4.56. The largest absolute Gasteiger partial charge is 0.416 e. The van der Waals surface area contributed by atoms with Gasteiger partial charge in [0, 0.05) is 5.56 Å². The maximum Gasteiger partial charge on any atom is 0.416 e. The van der Waals surface area contributed by atoms with Gasteiger partial charge in [-0.05, 0) is 12.1 Å². The summed E-state index contributed by atoms with van der Waals surface area (Å²) in [5, 5.41) is 0. The molecule has 0 spiro atoms. The highest BCUT2D eigenvalue weighted by Crippen LogP contribution is 2.29. The second-order valence-corrected chi connectivity index (χ2v) is 3.61. The summed E-state index contributed by atoms with van der Waals surface area (Å²) in [5.41, 5.74) is -1.09. The second kappa shape index (κ2) is 5.60. The minimum absolute atomic E-state index is 0.143. The molecule has 0 N–H and O–H groups in total. The molecular formula is C11H8F6O2. The van der Waals surface area contributed by atoms with Gasteiger partial charge < -0.3 is 4.74 Å². The van der Waals surface area contributed by atoms with E-state index in [0.717, 1.165) is 12.1 Å². The van der Waals surface area contributed by atoms with E-state index in [1.54, 1.807) is 0 Å². The van der Waals surface area contributed by atoms with E-state index in [-0.39, 0.29) is 5.56 Å². The highest BCUT2D eigenvalue weighted by molar-refractivity contribution is 5.97. The Hall–Kier alpha value is -1.57. The molecule has 0 aromatic heterocycles. The van der Waals surface area contributed by atoms with Crippen LogP contribution in [-0.4, -0.2) is 25.2 Å². The molecule has 106 valence electrons. The molecule has 0 aliphatic rings. The lowest BCUT2D eigenvalue weighted by Crippen LogP contribution is -2.20. The van der Waals surface area contributed by atoms with Gasteiger partial charge in [0.15, 0.2) is 5.78 Å². The number of carbonyl (C=O) groups excluding carboxylic acids is 1. The average molecular weight is 286 g/mol. The van der Waals surface area contributed by atoms with E-state index in [0.29, 0.717) is 12.1 Å². The van der Waals surface area contributed by atoms with Crippen LogP contribution in [0.3, 0.4) is 0 Å². The molecule has 0 aliphatic carbocycles. The van der Waals surface area contributed by atoms with Crippen LogP contribution in [0.5, 0.6) is 0 Å². The molecule has 8 heteroatoms. The first-order valence-corrected chi connectivity index (χ1v) is 4.94. The van der Waals surface area contributed by atoms with Gasteiger partial charge >= 0.3 is 12.4 Å². The van der Waals surface area contributed by atoms with Gasteiger partial charge in [0.2, 0.25) is 0 Å². The number of hydrogen-bond acceptors (Lipinski definition) is 2. The standard InChI is InChI=1S/C11H8F6O2/c12-10(13,14)6-19-5-9(18)7-1-3-8(4-2-7)11(15,16)17/h1-4H,5-6H2. The highest BCUT2D eigenvalue weighted by atomic mass is 19.4. The first-order valence-electron chi connectivity index (χ1n) is 4.94.